The molecule has 0 aromatic heterocycles. The molecule has 2 rings (SSSR count). The number of aliphatic hydroxyl groups excluding tert-OH is 2. The van der Waals surface area contributed by atoms with Crippen LogP contribution in [-0.2, 0) is 6.42 Å². The van der Waals surface area contributed by atoms with Crippen LogP contribution in [0.5, 0.6) is 5.75 Å². The summed E-state index contributed by atoms with van der Waals surface area (Å²) in [7, 11) is 0. The van der Waals surface area contributed by atoms with Gasteiger partial charge in [-0.1, -0.05) is 25.5 Å². The van der Waals surface area contributed by atoms with Gasteiger partial charge in [-0.25, -0.2) is 0 Å². The Bertz CT molecular complexity index is 440. The zero-order valence-corrected chi connectivity index (χ0v) is 16.4. The summed E-state index contributed by atoms with van der Waals surface area (Å²) < 4.78 is 5.68. The molecule has 2 N–H and O–H groups in total. The molecule has 0 bridgehead atoms. The van der Waals surface area contributed by atoms with Crippen molar-refractivity contribution in [1.82, 2.24) is 9.80 Å². The largest absolute Gasteiger partial charge is 1.00 e. The number of hydrogen-bond donors (Lipinski definition) is 2. The van der Waals surface area contributed by atoms with Gasteiger partial charge in [0.2, 0.25) is 0 Å². The summed E-state index contributed by atoms with van der Waals surface area (Å²) in [6.45, 7) is 7.86. The molecule has 1 unspecified atom stereocenters. The maximum atomic E-state index is 10.2. The summed E-state index contributed by atoms with van der Waals surface area (Å²) in [5.74, 6) is 0.816. The van der Waals surface area contributed by atoms with Gasteiger partial charge in [-0.05, 0) is 24.1 Å². The molecule has 1 aliphatic heterocycles. The summed E-state index contributed by atoms with van der Waals surface area (Å²) in [6.07, 6.45) is 1.75. The monoisotopic (exact) mass is 392 g/mol. The van der Waals surface area contributed by atoms with Crippen LogP contribution in [-0.4, -0.2) is 78.6 Å². The van der Waals surface area contributed by atoms with Crippen LogP contribution < -0.4 is 29.6 Å². The Hall–Kier alpha value is -0.560. The number of rotatable bonds is 9. The molecule has 7 heteroatoms. The molecule has 0 aliphatic carbocycles. The van der Waals surface area contributed by atoms with Crippen molar-refractivity contribution in [2.45, 2.75) is 25.9 Å². The van der Waals surface area contributed by atoms with E-state index in [4.69, 9.17) is 9.84 Å². The highest BCUT2D eigenvalue weighted by molar-refractivity contribution is 5.27. The van der Waals surface area contributed by atoms with Crippen LogP contribution in [0, 0.1) is 0 Å². The fourth-order valence-electron chi connectivity index (χ4n) is 2.92. The van der Waals surface area contributed by atoms with Crippen LogP contribution in [0.1, 0.15) is 18.9 Å². The summed E-state index contributed by atoms with van der Waals surface area (Å²) in [6, 6.07) is 8.13. The van der Waals surface area contributed by atoms with Crippen LogP contribution in [0.3, 0.4) is 0 Å². The van der Waals surface area contributed by atoms with Gasteiger partial charge in [-0.3, -0.25) is 9.80 Å². The number of aryl methyl sites for hydroxylation is 1. The number of hydrogen-bond acceptors (Lipinski definition) is 5. The van der Waals surface area contributed by atoms with Crippen LogP contribution in [0.2, 0.25) is 0 Å². The highest BCUT2D eigenvalue weighted by atomic mass is 35.5. The fourth-order valence-corrected chi connectivity index (χ4v) is 2.92. The van der Waals surface area contributed by atoms with Gasteiger partial charge < -0.3 is 39.8 Å². The normalized spacial score (nSPS) is 16.6. The van der Waals surface area contributed by atoms with E-state index < -0.39 is 6.10 Å². The molecule has 0 saturated carbocycles. The zero-order valence-electron chi connectivity index (χ0n) is 14.9. The third-order valence-corrected chi connectivity index (χ3v) is 4.25. The van der Waals surface area contributed by atoms with Crippen molar-refractivity contribution in [2.75, 3.05) is 52.5 Å². The highest BCUT2D eigenvalue weighted by Gasteiger charge is 2.19. The van der Waals surface area contributed by atoms with Gasteiger partial charge in [-0.15, -0.1) is 0 Å². The Morgan fingerprint density at radius 3 is 2.20 bits per heavy atom. The van der Waals surface area contributed by atoms with Gasteiger partial charge in [0.15, 0.2) is 0 Å². The van der Waals surface area contributed by atoms with Crippen molar-refractivity contribution in [3.8, 4) is 5.75 Å². The number of halogens is 2. The second-order valence-electron chi connectivity index (χ2n) is 6.22. The van der Waals surface area contributed by atoms with E-state index in [2.05, 4.69) is 28.9 Å². The van der Waals surface area contributed by atoms with E-state index in [1.807, 2.05) is 12.1 Å². The summed E-state index contributed by atoms with van der Waals surface area (Å²) in [5.41, 5.74) is 1.32. The van der Waals surface area contributed by atoms with E-state index in [0.29, 0.717) is 13.2 Å². The standard InChI is InChI=1S/C18H30N2O3.2ClH/c1-2-3-16-4-6-18(7-5-16)23-15-17(22)14-20-10-8-19(9-11-20)12-13-21;;/h4-7,17,21-22H,2-3,8-15H2,1H3;2*1H/p-2. The second-order valence-corrected chi connectivity index (χ2v) is 6.22. The Morgan fingerprint density at radius 1 is 1.04 bits per heavy atom. The highest BCUT2D eigenvalue weighted by Crippen LogP contribution is 2.14. The lowest BCUT2D eigenvalue weighted by molar-refractivity contribution is -0.001000. The molecule has 0 radical (unpaired) electrons. The summed E-state index contributed by atoms with van der Waals surface area (Å²) in [4.78, 5) is 4.50. The SMILES string of the molecule is CCCc1ccc(OCC(O)CN2CCN(CCO)CC2)cc1.[Cl-].[Cl-]. The Balaban J connectivity index is 0.00000288. The predicted molar refractivity (Wildman–Crippen MR) is 91.9 cm³/mol. The number of benzene rings is 1. The molecule has 5 nitrogen and oxygen atoms in total. The van der Waals surface area contributed by atoms with Gasteiger partial charge in [0.25, 0.3) is 0 Å². The lowest BCUT2D eigenvalue weighted by Crippen LogP contribution is -3.00. The minimum Gasteiger partial charge on any atom is -1.00 e. The number of aliphatic hydroxyl groups is 2. The molecule has 1 atom stereocenters. The maximum absolute atomic E-state index is 10.2. The average Bonchev–Trinajstić information content (AvgIpc) is 2.57. The van der Waals surface area contributed by atoms with Crippen LogP contribution in [0.25, 0.3) is 0 Å². The molecule has 1 heterocycles. The van der Waals surface area contributed by atoms with Gasteiger partial charge in [0, 0.05) is 39.3 Å². The van der Waals surface area contributed by atoms with E-state index in [1.165, 1.54) is 5.56 Å². The molecule has 146 valence electrons. The topological polar surface area (TPSA) is 56.2 Å². The maximum Gasteiger partial charge on any atom is 0.119 e. The van der Waals surface area contributed by atoms with E-state index >= 15 is 0 Å². The van der Waals surface area contributed by atoms with Crippen LogP contribution in [0.15, 0.2) is 24.3 Å². The van der Waals surface area contributed by atoms with Gasteiger partial charge in [0.05, 0.1) is 6.61 Å². The first-order valence-electron chi connectivity index (χ1n) is 8.66. The van der Waals surface area contributed by atoms with Crippen molar-refractivity contribution in [1.29, 1.82) is 0 Å². The third-order valence-electron chi connectivity index (χ3n) is 4.25. The molecular weight excluding hydrogens is 363 g/mol. The van der Waals surface area contributed by atoms with Gasteiger partial charge in [0.1, 0.15) is 18.5 Å². The van der Waals surface area contributed by atoms with Gasteiger partial charge >= 0.3 is 0 Å². The number of β-amino-alcohol motifs (C(OH)–C–C–N with tert-alkyl or cyclic N) is 2. The lowest BCUT2D eigenvalue weighted by atomic mass is 10.1. The van der Waals surface area contributed by atoms with E-state index in [9.17, 15) is 5.11 Å². The smallest absolute Gasteiger partial charge is 0.119 e. The van der Waals surface area contributed by atoms with Crippen molar-refractivity contribution in [3.63, 3.8) is 0 Å². The zero-order chi connectivity index (χ0) is 16.5. The van der Waals surface area contributed by atoms with Crippen LogP contribution >= 0.6 is 0 Å². The molecule has 0 spiro atoms. The van der Waals surface area contributed by atoms with Crippen molar-refractivity contribution < 1.29 is 39.8 Å². The third kappa shape index (κ3) is 9.08. The minimum atomic E-state index is -0.477. The number of nitrogens with zero attached hydrogens (tertiary/aromatic N) is 2. The lowest BCUT2D eigenvalue weighted by Gasteiger charge is -2.35. The molecule has 1 aromatic carbocycles. The first kappa shape index (κ1) is 24.4. The van der Waals surface area contributed by atoms with Crippen molar-refractivity contribution >= 4 is 0 Å². The molecule has 1 fully saturated rings. The van der Waals surface area contributed by atoms with Crippen LogP contribution in [0.4, 0.5) is 0 Å². The molecule has 0 amide bonds. The van der Waals surface area contributed by atoms with E-state index in [1.54, 1.807) is 0 Å². The minimum absolute atomic E-state index is 0. The molecule has 1 saturated heterocycles. The summed E-state index contributed by atoms with van der Waals surface area (Å²) in [5, 5.41) is 19.1. The predicted octanol–water partition coefficient (Wildman–Crippen LogP) is -5.00. The molecular formula is C18H30Cl2N2O3-2. The Morgan fingerprint density at radius 2 is 1.64 bits per heavy atom. The van der Waals surface area contributed by atoms with E-state index in [-0.39, 0.29) is 31.4 Å². The van der Waals surface area contributed by atoms with Crippen molar-refractivity contribution in [3.05, 3.63) is 29.8 Å². The van der Waals surface area contributed by atoms with Crippen molar-refractivity contribution in [2.24, 2.45) is 0 Å². The van der Waals surface area contributed by atoms with E-state index in [0.717, 1.165) is 51.3 Å². The second kappa shape index (κ2) is 13.6. The average molecular weight is 393 g/mol. The Labute approximate surface area is 163 Å². The molecule has 25 heavy (non-hydrogen) atoms. The molecule has 1 aromatic rings. The first-order valence-corrected chi connectivity index (χ1v) is 8.66. The fraction of sp³-hybridized carbons (Fsp3) is 0.667. The molecule has 1 aliphatic rings. The van der Waals surface area contributed by atoms with Gasteiger partial charge in [-0.2, -0.15) is 0 Å². The Kier molecular flexibility index (Phi) is 13.3. The number of ether oxygens (including phenoxy) is 1. The quantitative estimate of drug-likeness (QED) is 0.440. The summed E-state index contributed by atoms with van der Waals surface area (Å²) >= 11 is 0. The first-order chi connectivity index (χ1) is 11.2. The number of piperazine rings is 1.